The van der Waals surface area contributed by atoms with Crippen LogP contribution in [0.1, 0.15) is 11.1 Å². The quantitative estimate of drug-likeness (QED) is 0.656. The summed E-state index contributed by atoms with van der Waals surface area (Å²) in [5, 5.41) is 8.04. The van der Waals surface area contributed by atoms with Gasteiger partial charge >= 0.3 is 0 Å². The predicted octanol–water partition coefficient (Wildman–Crippen LogP) is 4.86. The minimum absolute atomic E-state index is 0.259. The molecule has 0 radical (unpaired) electrons. The highest BCUT2D eigenvalue weighted by Crippen LogP contribution is 2.20. The number of hydrogen-bond donors (Lipinski definition) is 0. The first-order valence-corrected chi connectivity index (χ1v) is 5.40. The summed E-state index contributed by atoms with van der Waals surface area (Å²) in [4.78, 5) is 0. The Labute approximate surface area is 99.8 Å². The predicted molar refractivity (Wildman–Crippen MR) is 66.5 cm³/mol. The van der Waals surface area contributed by atoms with E-state index in [0.29, 0.717) is 11.3 Å². The first-order chi connectivity index (χ1) is 8.15. The number of nitrogens with zero attached hydrogens (tertiary/aromatic N) is 2. The molecule has 0 saturated carbocycles. The van der Waals surface area contributed by atoms with Gasteiger partial charge in [-0.15, -0.1) is 0 Å². The van der Waals surface area contributed by atoms with Crippen LogP contribution >= 0.6 is 0 Å². The van der Waals surface area contributed by atoms with E-state index in [0.717, 1.165) is 5.69 Å². The van der Waals surface area contributed by atoms with Crippen molar-refractivity contribution in [3.63, 3.8) is 0 Å². The lowest BCUT2D eigenvalue weighted by Crippen LogP contribution is -1.78. The number of halogens is 1. The highest BCUT2D eigenvalue weighted by atomic mass is 19.1. The van der Waals surface area contributed by atoms with Gasteiger partial charge in [-0.25, -0.2) is 4.39 Å². The molecule has 0 N–H and O–H groups in total. The molecular weight excluding hydrogens is 215 g/mol. The molecule has 2 aromatic carbocycles. The summed E-state index contributed by atoms with van der Waals surface area (Å²) in [5.74, 6) is -0.259. The van der Waals surface area contributed by atoms with Crippen LogP contribution in [0.25, 0.3) is 0 Å². The lowest BCUT2D eigenvalue weighted by atomic mass is 10.2. The van der Waals surface area contributed by atoms with Crippen LogP contribution in [-0.4, -0.2) is 0 Å². The van der Waals surface area contributed by atoms with Gasteiger partial charge in [0, 0.05) is 6.07 Å². The second-order valence-electron chi connectivity index (χ2n) is 3.97. The van der Waals surface area contributed by atoms with Gasteiger partial charge in [0.25, 0.3) is 0 Å². The third-order valence-electron chi connectivity index (χ3n) is 2.47. The molecule has 0 aliphatic carbocycles. The van der Waals surface area contributed by atoms with Gasteiger partial charge < -0.3 is 0 Å². The standard InChI is InChI=1S/C14H13FN2/c1-10-3-6-12(7-4-10)16-17-13-8-5-11(2)14(15)9-13/h3-9H,1-2H3. The van der Waals surface area contributed by atoms with Crippen LogP contribution in [0.3, 0.4) is 0 Å². The summed E-state index contributed by atoms with van der Waals surface area (Å²) in [6.07, 6.45) is 0. The molecule has 0 spiro atoms. The Kier molecular flexibility index (Phi) is 3.28. The van der Waals surface area contributed by atoms with E-state index in [-0.39, 0.29) is 5.82 Å². The van der Waals surface area contributed by atoms with Crippen molar-refractivity contribution in [3.05, 3.63) is 59.4 Å². The van der Waals surface area contributed by atoms with Crippen molar-refractivity contribution in [2.24, 2.45) is 10.2 Å². The van der Waals surface area contributed by atoms with Crippen molar-refractivity contribution in [1.82, 2.24) is 0 Å². The van der Waals surface area contributed by atoms with Gasteiger partial charge in [0.2, 0.25) is 0 Å². The van der Waals surface area contributed by atoms with Crippen LogP contribution < -0.4 is 0 Å². The van der Waals surface area contributed by atoms with Crippen LogP contribution in [0, 0.1) is 19.7 Å². The summed E-state index contributed by atoms with van der Waals surface area (Å²) < 4.78 is 13.3. The van der Waals surface area contributed by atoms with Gasteiger partial charge in [0.05, 0.1) is 11.4 Å². The van der Waals surface area contributed by atoms with Gasteiger partial charge in [-0.3, -0.25) is 0 Å². The van der Waals surface area contributed by atoms with Crippen molar-refractivity contribution in [3.8, 4) is 0 Å². The van der Waals surface area contributed by atoms with Crippen molar-refractivity contribution in [2.45, 2.75) is 13.8 Å². The Morgan fingerprint density at radius 2 is 1.41 bits per heavy atom. The summed E-state index contributed by atoms with van der Waals surface area (Å²) in [5.41, 5.74) is 3.06. The van der Waals surface area contributed by atoms with Crippen LogP contribution in [-0.2, 0) is 0 Å². The van der Waals surface area contributed by atoms with Crippen LogP contribution in [0.4, 0.5) is 15.8 Å². The Bertz CT molecular complexity index is 545. The number of aryl methyl sites for hydroxylation is 2. The summed E-state index contributed by atoms with van der Waals surface area (Å²) >= 11 is 0. The minimum atomic E-state index is -0.259. The largest absolute Gasteiger partial charge is 0.207 e. The molecule has 2 rings (SSSR count). The molecule has 0 fully saturated rings. The number of azo groups is 1. The van der Waals surface area contributed by atoms with Gasteiger partial charge in [0.15, 0.2) is 0 Å². The highest BCUT2D eigenvalue weighted by molar-refractivity contribution is 5.42. The van der Waals surface area contributed by atoms with Crippen LogP contribution in [0.15, 0.2) is 52.7 Å². The Hall–Kier alpha value is -2.03. The van der Waals surface area contributed by atoms with E-state index in [1.165, 1.54) is 11.6 Å². The Morgan fingerprint density at radius 3 is 2.06 bits per heavy atom. The van der Waals surface area contributed by atoms with E-state index < -0.39 is 0 Å². The number of benzene rings is 2. The zero-order valence-corrected chi connectivity index (χ0v) is 9.81. The molecule has 0 aromatic heterocycles. The zero-order valence-electron chi connectivity index (χ0n) is 9.81. The van der Waals surface area contributed by atoms with Crippen molar-refractivity contribution < 1.29 is 4.39 Å². The number of rotatable bonds is 2. The average molecular weight is 228 g/mol. The first-order valence-electron chi connectivity index (χ1n) is 5.40. The van der Waals surface area contributed by atoms with Gasteiger partial charge in [-0.2, -0.15) is 10.2 Å². The Balaban J connectivity index is 2.20. The molecule has 0 aliphatic rings. The Morgan fingerprint density at radius 1 is 0.824 bits per heavy atom. The third-order valence-corrected chi connectivity index (χ3v) is 2.47. The monoisotopic (exact) mass is 228 g/mol. The van der Waals surface area contributed by atoms with E-state index in [1.807, 2.05) is 31.2 Å². The molecule has 2 aromatic rings. The van der Waals surface area contributed by atoms with E-state index in [2.05, 4.69) is 10.2 Å². The van der Waals surface area contributed by atoms with Crippen molar-refractivity contribution in [2.75, 3.05) is 0 Å². The molecule has 0 atom stereocenters. The second-order valence-corrected chi connectivity index (χ2v) is 3.97. The molecular formula is C14H13FN2. The molecule has 0 saturated heterocycles. The first kappa shape index (κ1) is 11.5. The fourth-order valence-electron chi connectivity index (χ4n) is 1.37. The molecule has 2 nitrogen and oxygen atoms in total. The van der Waals surface area contributed by atoms with Gasteiger partial charge in [0.1, 0.15) is 5.82 Å². The number of hydrogen-bond acceptors (Lipinski definition) is 2. The van der Waals surface area contributed by atoms with Crippen molar-refractivity contribution in [1.29, 1.82) is 0 Å². The fraction of sp³-hybridized carbons (Fsp3) is 0.143. The van der Waals surface area contributed by atoms with Gasteiger partial charge in [-0.1, -0.05) is 23.8 Å². The van der Waals surface area contributed by atoms with Crippen LogP contribution in [0.5, 0.6) is 0 Å². The summed E-state index contributed by atoms with van der Waals surface area (Å²) in [6, 6.07) is 12.5. The SMILES string of the molecule is Cc1ccc(N=Nc2ccc(C)c(F)c2)cc1. The summed E-state index contributed by atoms with van der Waals surface area (Å²) in [6.45, 7) is 3.73. The summed E-state index contributed by atoms with van der Waals surface area (Å²) in [7, 11) is 0. The topological polar surface area (TPSA) is 24.7 Å². The fourth-order valence-corrected chi connectivity index (χ4v) is 1.37. The second kappa shape index (κ2) is 4.87. The molecule has 0 unspecified atom stereocenters. The maximum absolute atomic E-state index is 13.3. The third kappa shape index (κ3) is 2.97. The smallest absolute Gasteiger partial charge is 0.128 e. The molecule has 0 heterocycles. The normalized spacial score (nSPS) is 11.0. The maximum Gasteiger partial charge on any atom is 0.128 e. The van der Waals surface area contributed by atoms with E-state index >= 15 is 0 Å². The minimum Gasteiger partial charge on any atom is -0.207 e. The molecule has 86 valence electrons. The zero-order chi connectivity index (χ0) is 12.3. The molecule has 3 heteroatoms. The van der Waals surface area contributed by atoms with Gasteiger partial charge in [-0.05, 0) is 37.6 Å². The van der Waals surface area contributed by atoms with E-state index in [1.54, 1.807) is 19.1 Å². The highest BCUT2D eigenvalue weighted by Gasteiger charge is 1.97. The lowest BCUT2D eigenvalue weighted by molar-refractivity contribution is 0.618. The lowest BCUT2D eigenvalue weighted by Gasteiger charge is -1.97. The molecule has 0 aliphatic heterocycles. The maximum atomic E-state index is 13.3. The van der Waals surface area contributed by atoms with Crippen LogP contribution in [0.2, 0.25) is 0 Å². The molecule has 0 bridgehead atoms. The van der Waals surface area contributed by atoms with E-state index in [9.17, 15) is 4.39 Å². The average Bonchev–Trinajstić information content (AvgIpc) is 2.33. The van der Waals surface area contributed by atoms with E-state index in [4.69, 9.17) is 0 Å². The molecule has 0 amide bonds. The van der Waals surface area contributed by atoms with Crippen molar-refractivity contribution >= 4 is 11.4 Å². The molecule has 17 heavy (non-hydrogen) atoms.